The highest BCUT2D eigenvalue weighted by atomic mass is 35.5. The van der Waals surface area contributed by atoms with Crippen molar-refractivity contribution in [1.82, 2.24) is 0 Å². The van der Waals surface area contributed by atoms with Crippen LogP contribution in [-0.4, -0.2) is 19.3 Å². The highest BCUT2D eigenvalue weighted by Gasteiger charge is 2.27. The topological polar surface area (TPSA) is 35.2 Å². The zero-order chi connectivity index (χ0) is 12.9. The molecule has 1 unspecified atom stereocenters. The first-order chi connectivity index (χ1) is 7.92. The van der Waals surface area contributed by atoms with E-state index in [1.807, 2.05) is 0 Å². The van der Waals surface area contributed by atoms with Crippen LogP contribution in [0.3, 0.4) is 0 Å². The first-order valence-corrected chi connectivity index (χ1v) is 5.44. The fourth-order valence-electron chi connectivity index (χ4n) is 1.32. The molecule has 0 spiro atoms. The lowest BCUT2D eigenvalue weighted by Gasteiger charge is -2.17. The number of rotatable bonds is 5. The third-order valence-electron chi connectivity index (χ3n) is 2.14. The molecule has 0 fully saturated rings. The monoisotopic (exact) mass is 267 g/mol. The molecule has 0 aliphatic heterocycles. The molecule has 6 heteroatoms. The second kappa shape index (κ2) is 6.23. The Morgan fingerprint density at radius 2 is 2.06 bits per heavy atom. The highest BCUT2D eigenvalue weighted by Crippen LogP contribution is 2.23. The third kappa shape index (κ3) is 5.39. The second-order valence-electron chi connectivity index (χ2n) is 3.52. The van der Waals surface area contributed by atoms with Gasteiger partial charge >= 0.3 is 6.18 Å². The quantitative estimate of drug-likeness (QED) is 0.888. The van der Waals surface area contributed by atoms with Gasteiger partial charge in [0, 0.05) is 11.6 Å². The fraction of sp³-hybridized carbons (Fsp3) is 0.455. The van der Waals surface area contributed by atoms with E-state index in [1.165, 1.54) is 0 Å². The summed E-state index contributed by atoms with van der Waals surface area (Å²) in [4.78, 5) is 0. The molecule has 0 aliphatic carbocycles. The predicted octanol–water partition coefficient (Wildman–Crippen LogP) is 3.31. The van der Waals surface area contributed by atoms with Gasteiger partial charge in [-0.05, 0) is 17.7 Å². The van der Waals surface area contributed by atoms with E-state index in [4.69, 9.17) is 22.1 Å². The molecule has 2 N–H and O–H groups in total. The third-order valence-corrected chi connectivity index (χ3v) is 2.37. The van der Waals surface area contributed by atoms with Gasteiger partial charge in [-0.3, -0.25) is 0 Å². The van der Waals surface area contributed by atoms with Gasteiger partial charge in [0.05, 0.1) is 19.1 Å². The predicted molar refractivity (Wildman–Crippen MR) is 59.9 cm³/mol. The van der Waals surface area contributed by atoms with E-state index in [0.717, 1.165) is 0 Å². The van der Waals surface area contributed by atoms with Crippen LogP contribution in [0.4, 0.5) is 13.2 Å². The van der Waals surface area contributed by atoms with Gasteiger partial charge in [0.15, 0.2) is 0 Å². The van der Waals surface area contributed by atoms with Gasteiger partial charge in [-0.1, -0.05) is 23.7 Å². The Morgan fingerprint density at radius 1 is 1.35 bits per heavy atom. The summed E-state index contributed by atoms with van der Waals surface area (Å²) in [7, 11) is 0. The molecule has 17 heavy (non-hydrogen) atoms. The van der Waals surface area contributed by atoms with Crippen molar-refractivity contribution in [3.05, 3.63) is 34.9 Å². The Morgan fingerprint density at radius 3 is 2.59 bits per heavy atom. The Hall–Kier alpha value is -0.780. The fourth-order valence-corrected chi connectivity index (χ4v) is 1.52. The van der Waals surface area contributed by atoms with Crippen LogP contribution in [0.25, 0.3) is 0 Å². The smallest absolute Gasteiger partial charge is 0.372 e. The van der Waals surface area contributed by atoms with Crippen LogP contribution in [0.15, 0.2) is 24.3 Å². The van der Waals surface area contributed by atoms with Crippen LogP contribution in [-0.2, 0) is 4.74 Å². The zero-order valence-corrected chi connectivity index (χ0v) is 9.76. The molecular formula is C11H13ClF3NO. The van der Waals surface area contributed by atoms with Gasteiger partial charge in [0.2, 0.25) is 0 Å². The lowest BCUT2D eigenvalue weighted by atomic mass is 10.1. The maximum absolute atomic E-state index is 11.9. The van der Waals surface area contributed by atoms with Crippen LogP contribution in [0.2, 0.25) is 5.02 Å². The van der Waals surface area contributed by atoms with Crippen molar-refractivity contribution in [3.8, 4) is 0 Å². The highest BCUT2D eigenvalue weighted by molar-refractivity contribution is 6.30. The number of hydrogen-bond donors (Lipinski definition) is 1. The van der Waals surface area contributed by atoms with E-state index in [1.54, 1.807) is 24.3 Å². The van der Waals surface area contributed by atoms with Gasteiger partial charge in [-0.2, -0.15) is 13.2 Å². The van der Waals surface area contributed by atoms with Crippen molar-refractivity contribution in [2.24, 2.45) is 5.73 Å². The SMILES string of the molecule is NCC(OCCC(F)(F)F)c1cccc(Cl)c1. The summed E-state index contributed by atoms with van der Waals surface area (Å²) in [6.07, 6.45) is -5.76. The first kappa shape index (κ1) is 14.3. The minimum absolute atomic E-state index is 0.109. The number of benzene rings is 1. The Kier molecular flexibility index (Phi) is 5.24. The Balaban J connectivity index is 2.54. The van der Waals surface area contributed by atoms with Gasteiger partial charge in [0.25, 0.3) is 0 Å². The summed E-state index contributed by atoms with van der Waals surface area (Å²) < 4.78 is 40.9. The molecule has 0 heterocycles. The van der Waals surface area contributed by atoms with E-state index < -0.39 is 25.3 Å². The van der Waals surface area contributed by atoms with E-state index in [2.05, 4.69) is 0 Å². The normalized spacial score (nSPS) is 13.7. The van der Waals surface area contributed by atoms with Gasteiger partial charge < -0.3 is 10.5 Å². The van der Waals surface area contributed by atoms with E-state index >= 15 is 0 Å². The maximum atomic E-state index is 11.9. The number of alkyl halides is 3. The van der Waals surface area contributed by atoms with E-state index in [0.29, 0.717) is 10.6 Å². The largest absolute Gasteiger partial charge is 0.391 e. The lowest BCUT2D eigenvalue weighted by Crippen LogP contribution is -2.19. The molecule has 0 aromatic heterocycles. The number of ether oxygens (including phenoxy) is 1. The molecule has 1 rings (SSSR count). The summed E-state index contributed by atoms with van der Waals surface area (Å²) in [5, 5.41) is 0.500. The number of hydrogen-bond acceptors (Lipinski definition) is 2. The van der Waals surface area contributed by atoms with Crippen molar-refractivity contribution < 1.29 is 17.9 Å². The number of nitrogens with two attached hydrogens (primary N) is 1. The van der Waals surface area contributed by atoms with Crippen LogP contribution < -0.4 is 5.73 Å². The second-order valence-corrected chi connectivity index (χ2v) is 3.95. The molecular weight excluding hydrogens is 255 g/mol. The summed E-state index contributed by atoms with van der Waals surface area (Å²) in [6.45, 7) is -0.296. The maximum Gasteiger partial charge on any atom is 0.391 e. The van der Waals surface area contributed by atoms with Crippen molar-refractivity contribution >= 4 is 11.6 Å². The van der Waals surface area contributed by atoms with Crippen molar-refractivity contribution in [2.45, 2.75) is 18.7 Å². The van der Waals surface area contributed by atoms with Gasteiger partial charge in [0.1, 0.15) is 0 Å². The van der Waals surface area contributed by atoms with E-state index in [-0.39, 0.29) is 6.54 Å². The Labute approximate surface area is 103 Å². The zero-order valence-electron chi connectivity index (χ0n) is 9.01. The molecule has 1 atom stereocenters. The molecule has 0 amide bonds. The van der Waals surface area contributed by atoms with Crippen LogP contribution in [0, 0.1) is 0 Å². The minimum Gasteiger partial charge on any atom is -0.372 e. The molecule has 0 bridgehead atoms. The number of halogens is 4. The minimum atomic E-state index is -4.21. The van der Waals surface area contributed by atoms with Gasteiger partial charge in [-0.15, -0.1) is 0 Å². The standard InChI is InChI=1S/C11H13ClF3NO/c12-9-3-1-2-8(6-9)10(7-16)17-5-4-11(13,14)15/h1-3,6,10H,4-5,7,16H2. The molecule has 2 nitrogen and oxygen atoms in total. The average Bonchev–Trinajstić information content (AvgIpc) is 2.23. The molecule has 0 saturated carbocycles. The molecule has 1 aromatic carbocycles. The molecule has 96 valence electrons. The summed E-state index contributed by atoms with van der Waals surface area (Å²) in [5.41, 5.74) is 6.14. The van der Waals surface area contributed by atoms with Gasteiger partial charge in [-0.25, -0.2) is 0 Å². The van der Waals surface area contributed by atoms with Crippen molar-refractivity contribution in [2.75, 3.05) is 13.2 Å². The lowest BCUT2D eigenvalue weighted by molar-refractivity contribution is -0.149. The average molecular weight is 268 g/mol. The molecule has 0 radical (unpaired) electrons. The molecule has 1 aromatic rings. The molecule has 0 saturated heterocycles. The summed E-state index contributed by atoms with van der Waals surface area (Å²) >= 11 is 5.78. The first-order valence-electron chi connectivity index (χ1n) is 5.06. The van der Waals surface area contributed by atoms with Crippen LogP contribution in [0.1, 0.15) is 18.1 Å². The van der Waals surface area contributed by atoms with Crippen molar-refractivity contribution in [1.29, 1.82) is 0 Å². The van der Waals surface area contributed by atoms with Crippen molar-refractivity contribution in [3.63, 3.8) is 0 Å². The Bertz CT molecular complexity index is 357. The summed E-state index contributed by atoms with van der Waals surface area (Å²) in [6, 6.07) is 6.73. The van der Waals surface area contributed by atoms with E-state index in [9.17, 15) is 13.2 Å². The molecule has 0 aliphatic rings. The van der Waals surface area contributed by atoms with Crippen LogP contribution in [0.5, 0.6) is 0 Å². The van der Waals surface area contributed by atoms with Crippen LogP contribution >= 0.6 is 11.6 Å². The summed E-state index contributed by atoms with van der Waals surface area (Å²) in [5.74, 6) is 0.